The molecule has 0 aromatic heterocycles. The molecule has 18 heavy (non-hydrogen) atoms. The number of aliphatic carboxylic acids is 1. The molecule has 5 heteroatoms. The van der Waals surface area contributed by atoms with Crippen molar-refractivity contribution in [1.82, 2.24) is 0 Å². The summed E-state index contributed by atoms with van der Waals surface area (Å²) in [7, 11) is 0. The number of hydrogen-bond acceptors (Lipinski definition) is 4. The fraction of sp³-hybridized carbons (Fsp3) is 0.923. The van der Waals surface area contributed by atoms with E-state index in [4.69, 9.17) is 0 Å². The molecule has 106 valence electrons. The maximum absolute atomic E-state index is 9.85. The summed E-state index contributed by atoms with van der Waals surface area (Å²) >= 11 is 0. The number of hydrogen-bond donors (Lipinski definition) is 0. The average Bonchev–Trinajstić information content (AvgIpc) is 2.35. The van der Waals surface area contributed by atoms with Gasteiger partial charge in [0.2, 0.25) is 0 Å². The summed E-state index contributed by atoms with van der Waals surface area (Å²) in [6.07, 6.45) is 5.82. The van der Waals surface area contributed by atoms with Crippen molar-refractivity contribution in [2.75, 3.05) is 13.2 Å². The van der Waals surface area contributed by atoms with E-state index in [-0.39, 0.29) is 37.0 Å². The monoisotopic (exact) mass is 274 g/mol. The van der Waals surface area contributed by atoms with Gasteiger partial charge in [-0.1, -0.05) is 52.9 Å². The molecule has 0 rings (SSSR count). The van der Waals surface area contributed by atoms with Gasteiger partial charge in [0.15, 0.2) is 0 Å². The Bertz CT molecular complexity index is 124. The van der Waals surface area contributed by atoms with Crippen molar-refractivity contribution in [3.05, 3.63) is 0 Å². The molecule has 0 aromatic rings. The first-order chi connectivity index (χ1) is 8.10. The fourth-order valence-corrected chi connectivity index (χ4v) is 0.696. The van der Waals surface area contributed by atoms with E-state index < -0.39 is 5.97 Å². The molecular formula is C13H27AlO4. The van der Waals surface area contributed by atoms with Crippen LogP contribution in [0.5, 0.6) is 0 Å². The van der Waals surface area contributed by atoms with Crippen LogP contribution in [0.1, 0.15) is 65.7 Å². The van der Waals surface area contributed by atoms with E-state index in [1.54, 1.807) is 0 Å². The molecule has 4 nitrogen and oxygen atoms in total. The van der Waals surface area contributed by atoms with Crippen molar-refractivity contribution in [2.24, 2.45) is 0 Å². The quantitative estimate of drug-likeness (QED) is 0.477. The van der Waals surface area contributed by atoms with Crippen molar-refractivity contribution in [1.29, 1.82) is 0 Å². The van der Waals surface area contributed by atoms with Gasteiger partial charge in [0.05, 0.1) is 0 Å². The van der Waals surface area contributed by atoms with Crippen LogP contribution in [-0.4, -0.2) is 36.5 Å². The van der Waals surface area contributed by atoms with Crippen LogP contribution in [0.3, 0.4) is 0 Å². The predicted molar refractivity (Wildman–Crippen MR) is 69.8 cm³/mol. The van der Waals surface area contributed by atoms with E-state index in [9.17, 15) is 20.1 Å². The number of carbonyl (C=O) groups excluding carboxylic acids is 1. The van der Waals surface area contributed by atoms with E-state index in [1.165, 1.54) is 0 Å². The van der Waals surface area contributed by atoms with Crippen LogP contribution in [0.2, 0.25) is 0 Å². The minimum Gasteiger partial charge on any atom is -0.854 e. The molecule has 0 heterocycles. The Balaban J connectivity index is -0.0000000922. The summed E-state index contributed by atoms with van der Waals surface area (Å²) < 4.78 is 0. The Kier molecular flexibility index (Phi) is 44.4. The number of carboxylic acid groups (broad SMARTS) is 1. The molecule has 0 aliphatic carbocycles. The van der Waals surface area contributed by atoms with Crippen LogP contribution >= 0.6 is 0 Å². The van der Waals surface area contributed by atoms with Crippen molar-refractivity contribution >= 4 is 23.3 Å². The summed E-state index contributed by atoms with van der Waals surface area (Å²) in [5, 5.41) is 28.4. The van der Waals surface area contributed by atoms with Crippen LogP contribution < -0.4 is 15.3 Å². The Labute approximate surface area is 123 Å². The normalized spacial score (nSPS) is 8.06. The zero-order valence-electron chi connectivity index (χ0n) is 12.1. The summed E-state index contributed by atoms with van der Waals surface area (Å²) in [6, 6.07) is 0. The van der Waals surface area contributed by atoms with E-state index >= 15 is 0 Å². The van der Waals surface area contributed by atoms with Crippen molar-refractivity contribution < 1.29 is 20.1 Å². The molecule has 0 aliphatic heterocycles. The molecule has 0 saturated carbocycles. The second-order valence-corrected chi connectivity index (χ2v) is 3.59. The van der Waals surface area contributed by atoms with Gasteiger partial charge in [-0.2, -0.15) is 0 Å². The second-order valence-electron chi connectivity index (χ2n) is 3.59. The van der Waals surface area contributed by atoms with Crippen molar-refractivity contribution in [3.8, 4) is 0 Å². The standard InChI is InChI=1S/C7H14O2.2C3H7O.Al/c1-2-3-4-5-6-7(8)9;2*1-2-3-4;/h2-6H2,1H3,(H,8,9);2*2-3H2,1H3;/q;2*-1;+3/p-1. The van der Waals surface area contributed by atoms with Gasteiger partial charge >= 0.3 is 17.4 Å². The molecule has 0 saturated heterocycles. The smallest absolute Gasteiger partial charge is 0.854 e. The summed E-state index contributed by atoms with van der Waals surface area (Å²) in [6.45, 7) is 5.97. The summed E-state index contributed by atoms with van der Waals surface area (Å²) in [5.74, 6) is -0.925. The zero-order valence-corrected chi connectivity index (χ0v) is 13.2. The Morgan fingerprint density at radius 3 is 1.44 bits per heavy atom. The first kappa shape index (κ1) is 26.5. The molecule has 0 spiro atoms. The summed E-state index contributed by atoms with van der Waals surface area (Å²) in [4.78, 5) is 9.85. The van der Waals surface area contributed by atoms with Gasteiger partial charge in [-0.15, -0.1) is 13.2 Å². The molecule has 0 bridgehead atoms. The molecule has 0 aromatic carbocycles. The third-order valence-corrected chi connectivity index (χ3v) is 1.64. The van der Waals surface area contributed by atoms with Crippen molar-refractivity contribution in [2.45, 2.75) is 65.7 Å². The van der Waals surface area contributed by atoms with Gasteiger partial charge in [0, 0.05) is 5.97 Å². The van der Waals surface area contributed by atoms with Crippen LogP contribution in [0.15, 0.2) is 0 Å². The first-order valence-corrected chi connectivity index (χ1v) is 6.46. The van der Waals surface area contributed by atoms with Gasteiger partial charge in [-0.05, 0) is 12.8 Å². The van der Waals surface area contributed by atoms with Crippen molar-refractivity contribution in [3.63, 3.8) is 0 Å². The average molecular weight is 274 g/mol. The Hall–Kier alpha value is -0.0775. The van der Waals surface area contributed by atoms with E-state index in [0.717, 1.165) is 38.5 Å². The van der Waals surface area contributed by atoms with Gasteiger partial charge in [-0.3, -0.25) is 0 Å². The van der Waals surface area contributed by atoms with Crippen LogP contribution in [0.4, 0.5) is 0 Å². The Morgan fingerprint density at radius 1 is 0.833 bits per heavy atom. The van der Waals surface area contributed by atoms with E-state index in [2.05, 4.69) is 6.92 Å². The van der Waals surface area contributed by atoms with Crippen LogP contribution in [-0.2, 0) is 4.79 Å². The van der Waals surface area contributed by atoms with Gasteiger partial charge in [-0.25, -0.2) is 0 Å². The van der Waals surface area contributed by atoms with Gasteiger partial charge in [0.25, 0.3) is 0 Å². The van der Waals surface area contributed by atoms with Crippen LogP contribution in [0, 0.1) is 0 Å². The van der Waals surface area contributed by atoms with Gasteiger partial charge < -0.3 is 20.1 Å². The predicted octanol–water partition coefficient (Wildman–Crippen LogP) is -0.161. The van der Waals surface area contributed by atoms with Crippen LogP contribution in [0.25, 0.3) is 0 Å². The van der Waals surface area contributed by atoms with E-state index in [0.29, 0.717) is 0 Å². The first-order valence-electron chi connectivity index (χ1n) is 6.46. The molecule has 0 unspecified atom stereocenters. The SMILES string of the molecule is CCCCCCC(=O)[O-].CCC[O-].CCC[O-].[Al+3]. The maximum atomic E-state index is 9.85. The zero-order chi connectivity index (χ0) is 13.9. The number of unbranched alkanes of at least 4 members (excludes halogenated alkanes) is 3. The molecule has 0 N–H and O–H groups in total. The fourth-order valence-electron chi connectivity index (χ4n) is 0.696. The summed E-state index contributed by atoms with van der Waals surface area (Å²) in [5.41, 5.74) is 0. The molecule has 0 aliphatic rings. The molecule has 0 fully saturated rings. The third-order valence-electron chi connectivity index (χ3n) is 1.64. The van der Waals surface area contributed by atoms with Gasteiger partial charge in [0.1, 0.15) is 0 Å². The minimum atomic E-state index is -0.925. The van der Waals surface area contributed by atoms with E-state index in [1.807, 2.05) is 13.8 Å². The largest absolute Gasteiger partial charge is 3.00 e. The number of carbonyl (C=O) groups is 1. The molecular weight excluding hydrogens is 247 g/mol. The third kappa shape index (κ3) is 56.5. The minimum absolute atomic E-state index is 0. The maximum Gasteiger partial charge on any atom is 3.00 e. The Morgan fingerprint density at radius 2 is 1.22 bits per heavy atom. The second kappa shape index (κ2) is 30.2. The molecule has 0 atom stereocenters. The molecule has 0 radical (unpaired) electrons. The number of rotatable bonds is 7. The topological polar surface area (TPSA) is 86.2 Å². The number of carboxylic acids is 1. The molecule has 0 amide bonds.